The van der Waals surface area contributed by atoms with Gasteiger partial charge in [0, 0.05) is 60.5 Å². The maximum Gasteiger partial charge on any atom is 0.335 e. The van der Waals surface area contributed by atoms with Gasteiger partial charge >= 0.3 is 5.97 Å². The number of aryl methyl sites for hydroxylation is 4. The van der Waals surface area contributed by atoms with Crippen LogP contribution in [0.4, 0.5) is 11.9 Å². The van der Waals surface area contributed by atoms with Gasteiger partial charge in [0.25, 0.3) is 5.91 Å². The predicted molar refractivity (Wildman–Crippen MR) is 218 cm³/mol. The van der Waals surface area contributed by atoms with E-state index in [1.54, 1.807) is 25.1 Å². The molecule has 0 fully saturated rings. The molecule has 0 aliphatic carbocycles. The molecule has 0 spiro atoms. The summed E-state index contributed by atoms with van der Waals surface area (Å²) in [5.74, 6) is 0.00342. The highest BCUT2D eigenvalue weighted by Crippen LogP contribution is 2.31. The van der Waals surface area contributed by atoms with Crippen LogP contribution in [0.15, 0.2) is 46.5 Å². The van der Waals surface area contributed by atoms with Crippen molar-refractivity contribution in [2.45, 2.75) is 76.3 Å². The molecule has 2 heterocycles. The topological polar surface area (TPSA) is 242 Å². The van der Waals surface area contributed by atoms with Gasteiger partial charge in [-0.15, -0.1) is 23.5 Å². The van der Waals surface area contributed by atoms with E-state index in [4.69, 9.17) is 17.2 Å². The van der Waals surface area contributed by atoms with Crippen LogP contribution >= 0.6 is 23.5 Å². The van der Waals surface area contributed by atoms with E-state index in [9.17, 15) is 24.3 Å². The molecule has 4 aromatic rings. The Balaban J connectivity index is 1.25. The zero-order chi connectivity index (χ0) is 40.1. The van der Waals surface area contributed by atoms with Gasteiger partial charge in [0.1, 0.15) is 15.8 Å². The molecule has 55 heavy (non-hydrogen) atoms. The third-order valence-electron chi connectivity index (χ3n) is 8.69. The molecule has 0 radical (unpaired) electrons. The highest BCUT2D eigenvalue weighted by atomic mass is 32.2. The molecule has 0 saturated carbocycles. The number of aromatic nitrogens is 4. The Hall–Kier alpha value is -5.06. The number of anilines is 2. The lowest BCUT2D eigenvalue weighted by Gasteiger charge is -2.13. The van der Waals surface area contributed by atoms with Crippen molar-refractivity contribution >= 4 is 59.0 Å². The Morgan fingerprint density at radius 3 is 1.73 bits per heavy atom. The highest BCUT2D eigenvalue weighted by molar-refractivity contribution is 7.99. The Morgan fingerprint density at radius 2 is 1.16 bits per heavy atom. The lowest BCUT2D eigenvalue weighted by molar-refractivity contribution is -0.120. The molecule has 2 amide bonds. The number of ketones is 1. The number of Topliss-reactive ketones (excluding diaryl/α,β-unsaturated/α-hetero) is 1. The number of hydrogen-bond donors (Lipinski definition) is 6. The van der Waals surface area contributed by atoms with Crippen molar-refractivity contribution in [2.75, 3.05) is 42.6 Å². The number of hydrogen-bond acceptors (Lipinski definition) is 13. The van der Waals surface area contributed by atoms with E-state index in [0.29, 0.717) is 101 Å². The second-order valence-electron chi connectivity index (χ2n) is 13.1. The van der Waals surface area contributed by atoms with E-state index in [-0.39, 0.29) is 35.1 Å². The van der Waals surface area contributed by atoms with E-state index < -0.39 is 5.97 Å². The standard InChI is InChI=1S/C39H49N9O5S2/c1-22-16-24(3)29(18-27(22)31-20-35(48-38(41)45-31)55-15-10-33(50)43-13-7-11-40)36(51)44-12-6-5-8-26(49)9-14-54-34-21-32(46-39(42)47-34)28-19-30(37(52)53)25(4)17-23(28)2/h16-21H,5-15,40H2,1-4H3,(H,43,50)(H,44,51)(H,52,53)(H2,41,45,48)(H2,42,46,47). The number of benzene rings is 2. The van der Waals surface area contributed by atoms with Crippen molar-refractivity contribution in [3.8, 4) is 22.5 Å². The highest BCUT2D eigenvalue weighted by Gasteiger charge is 2.17. The minimum absolute atomic E-state index is 0.0507. The van der Waals surface area contributed by atoms with E-state index in [0.717, 1.165) is 28.7 Å². The van der Waals surface area contributed by atoms with E-state index in [1.807, 2.05) is 39.0 Å². The quantitative estimate of drug-likeness (QED) is 0.0379. The van der Waals surface area contributed by atoms with Crippen LogP contribution in [0.25, 0.3) is 22.5 Å². The van der Waals surface area contributed by atoms with Gasteiger partial charge in [-0.05, 0) is 100 Å². The van der Waals surface area contributed by atoms with Crippen molar-refractivity contribution in [1.82, 2.24) is 30.6 Å². The Bertz CT molecular complexity index is 2040. The summed E-state index contributed by atoms with van der Waals surface area (Å²) < 4.78 is 0. The zero-order valence-corrected chi connectivity index (χ0v) is 33.3. The second-order valence-corrected chi connectivity index (χ2v) is 15.3. The van der Waals surface area contributed by atoms with E-state index in [2.05, 4.69) is 30.6 Å². The third-order valence-corrected chi connectivity index (χ3v) is 10.5. The lowest BCUT2D eigenvalue weighted by Crippen LogP contribution is -2.26. The molecular formula is C39H49N9O5S2. The van der Waals surface area contributed by atoms with Crippen LogP contribution < -0.4 is 27.8 Å². The molecule has 0 aliphatic rings. The molecule has 0 atom stereocenters. The zero-order valence-electron chi connectivity index (χ0n) is 31.7. The molecule has 2 aromatic heterocycles. The second kappa shape index (κ2) is 20.6. The summed E-state index contributed by atoms with van der Waals surface area (Å²) >= 11 is 2.80. The van der Waals surface area contributed by atoms with Crippen molar-refractivity contribution < 1.29 is 24.3 Å². The number of carbonyl (C=O) groups excluding carboxylic acids is 3. The number of unbranched alkanes of at least 4 members (excludes halogenated alkanes) is 1. The summed E-state index contributed by atoms with van der Waals surface area (Å²) in [4.78, 5) is 67.0. The summed E-state index contributed by atoms with van der Waals surface area (Å²) in [5, 5.41) is 16.6. The fraction of sp³-hybridized carbons (Fsp3) is 0.385. The van der Waals surface area contributed by atoms with Gasteiger partial charge in [-0.2, -0.15) is 0 Å². The number of carboxylic acids is 1. The maximum atomic E-state index is 13.3. The normalized spacial score (nSPS) is 11.0. The number of rotatable bonds is 20. The average Bonchev–Trinajstić information content (AvgIpc) is 3.11. The molecule has 0 saturated heterocycles. The molecule has 0 aliphatic heterocycles. The molecule has 14 nitrogen and oxygen atoms in total. The first-order valence-corrected chi connectivity index (χ1v) is 20.0. The molecule has 0 unspecified atom stereocenters. The van der Waals surface area contributed by atoms with Crippen LogP contribution in [0, 0.1) is 27.7 Å². The van der Waals surface area contributed by atoms with Gasteiger partial charge in [0.2, 0.25) is 17.8 Å². The van der Waals surface area contributed by atoms with Crippen LogP contribution in [-0.4, -0.2) is 79.7 Å². The minimum Gasteiger partial charge on any atom is -0.478 e. The number of nitrogens with one attached hydrogen (secondary N) is 2. The minimum atomic E-state index is -1.02. The summed E-state index contributed by atoms with van der Waals surface area (Å²) in [5.41, 5.74) is 24.0. The maximum absolute atomic E-state index is 13.3. The number of carbonyl (C=O) groups is 4. The number of amides is 2. The van der Waals surface area contributed by atoms with Gasteiger partial charge in [0.15, 0.2) is 0 Å². The van der Waals surface area contributed by atoms with Crippen molar-refractivity contribution in [1.29, 1.82) is 0 Å². The fourth-order valence-electron chi connectivity index (χ4n) is 5.85. The average molecular weight is 788 g/mol. The molecule has 0 bridgehead atoms. The Labute approximate surface area is 329 Å². The number of thioether (sulfide) groups is 2. The van der Waals surface area contributed by atoms with Crippen LogP contribution in [0.1, 0.15) is 81.5 Å². The van der Waals surface area contributed by atoms with E-state index in [1.165, 1.54) is 23.5 Å². The van der Waals surface area contributed by atoms with Crippen LogP contribution in [0.5, 0.6) is 0 Å². The van der Waals surface area contributed by atoms with Crippen LogP contribution in [-0.2, 0) is 9.59 Å². The van der Waals surface area contributed by atoms with Gasteiger partial charge in [-0.1, -0.05) is 12.1 Å². The summed E-state index contributed by atoms with van der Waals surface area (Å²) in [6, 6.07) is 10.7. The Morgan fingerprint density at radius 1 is 0.636 bits per heavy atom. The smallest absolute Gasteiger partial charge is 0.335 e. The SMILES string of the molecule is Cc1cc(C)c(-c2cc(SCCC(=O)CCCCNC(=O)c3cc(-c4cc(SCCC(=O)NCCCN)nc(N)n4)c(C)cc3C)nc(N)n2)cc1C(=O)O. The number of carboxylic acid groups (broad SMARTS) is 1. The first-order chi connectivity index (χ1) is 26.2. The number of nitrogens with zero attached hydrogens (tertiary/aromatic N) is 4. The molecule has 9 N–H and O–H groups in total. The first-order valence-electron chi connectivity index (χ1n) is 18.0. The molecular weight excluding hydrogens is 739 g/mol. The van der Waals surface area contributed by atoms with Crippen LogP contribution in [0.2, 0.25) is 0 Å². The van der Waals surface area contributed by atoms with Crippen molar-refractivity contribution in [3.63, 3.8) is 0 Å². The third kappa shape index (κ3) is 12.8. The number of nitrogens with two attached hydrogens (primary N) is 3. The van der Waals surface area contributed by atoms with Gasteiger partial charge in [-0.25, -0.2) is 24.7 Å². The summed E-state index contributed by atoms with van der Waals surface area (Å²) in [6.45, 7) is 8.95. The molecule has 2 aromatic carbocycles. The van der Waals surface area contributed by atoms with Gasteiger partial charge < -0.3 is 32.9 Å². The van der Waals surface area contributed by atoms with Crippen molar-refractivity contribution in [2.24, 2.45) is 5.73 Å². The summed E-state index contributed by atoms with van der Waals surface area (Å²) in [6.07, 6.45) is 3.04. The fourth-order valence-corrected chi connectivity index (χ4v) is 7.59. The monoisotopic (exact) mass is 787 g/mol. The van der Waals surface area contributed by atoms with Gasteiger partial charge in [0.05, 0.1) is 17.0 Å². The molecule has 4 rings (SSSR count). The predicted octanol–water partition coefficient (Wildman–Crippen LogP) is 5.30. The lowest BCUT2D eigenvalue weighted by atomic mass is 9.97. The van der Waals surface area contributed by atoms with Gasteiger partial charge in [-0.3, -0.25) is 14.4 Å². The first kappa shape index (κ1) is 42.7. The van der Waals surface area contributed by atoms with E-state index >= 15 is 0 Å². The summed E-state index contributed by atoms with van der Waals surface area (Å²) in [7, 11) is 0. The number of aromatic carboxylic acids is 1. The number of nitrogen functional groups attached to an aromatic ring is 2. The Kier molecular flexibility index (Phi) is 16.0. The van der Waals surface area contributed by atoms with Crippen molar-refractivity contribution in [3.05, 3.63) is 69.8 Å². The van der Waals surface area contributed by atoms with Crippen LogP contribution in [0.3, 0.4) is 0 Å². The molecule has 292 valence electrons. The largest absolute Gasteiger partial charge is 0.478 e. The molecule has 16 heteroatoms.